The van der Waals surface area contributed by atoms with Gasteiger partial charge in [-0.3, -0.25) is 4.72 Å². The van der Waals surface area contributed by atoms with E-state index >= 15 is 0 Å². The number of hydrogen-bond acceptors (Lipinski definition) is 6. The first-order valence-corrected chi connectivity index (χ1v) is 13.4. The van der Waals surface area contributed by atoms with Gasteiger partial charge >= 0.3 is 0 Å². The van der Waals surface area contributed by atoms with E-state index in [1.165, 1.54) is 66.9 Å². The van der Waals surface area contributed by atoms with Crippen molar-refractivity contribution in [2.75, 3.05) is 31.9 Å². The van der Waals surface area contributed by atoms with Crippen LogP contribution in [-0.4, -0.2) is 61.0 Å². The molecule has 1 N–H and O–H groups in total. The molecular weight excluding hydrogens is 450 g/mol. The third kappa shape index (κ3) is 5.01. The third-order valence-electron chi connectivity index (χ3n) is 4.36. The van der Waals surface area contributed by atoms with Gasteiger partial charge in [-0.05, 0) is 48.5 Å². The molecule has 0 bridgehead atoms. The van der Waals surface area contributed by atoms with Crippen molar-refractivity contribution in [1.82, 2.24) is 8.61 Å². The van der Waals surface area contributed by atoms with Crippen molar-refractivity contribution in [3.05, 3.63) is 48.5 Å². The molecule has 2 aromatic carbocycles. The summed E-state index contributed by atoms with van der Waals surface area (Å²) in [7, 11) is -8.51. The zero-order valence-electron chi connectivity index (χ0n) is 17.1. The van der Waals surface area contributed by atoms with E-state index in [-0.39, 0.29) is 20.4 Å². The van der Waals surface area contributed by atoms with E-state index in [0.29, 0.717) is 13.1 Å². The molecule has 0 unspecified atom stereocenters. The molecule has 0 radical (unpaired) electrons. The Morgan fingerprint density at radius 3 is 1.50 bits per heavy atom. The highest BCUT2D eigenvalue weighted by molar-refractivity contribution is 7.92. The normalized spacial score (nSPS) is 13.0. The summed E-state index contributed by atoms with van der Waals surface area (Å²) in [5, 5.41) is 0. The summed E-state index contributed by atoms with van der Waals surface area (Å²) in [6, 6.07) is 10.2. The lowest BCUT2D eigenvalue weighted by molar-refractivity contribution is 0.445. The molecule has 2 aromatic rings. The minimum Gasteiger partial charge on any atom is -0.280 e. The largest absolute Gasteiger partial charge is 0.280 e. The lowest BCUT2D eigenvalue weighted by atomic mass is 10.3. The van der Waals surface area contributed by atoms with Crippen molar-refractivity contribution in [3.63, 3.8) is 0 Å². The van der Waals surface area contributed by atoms with Gasteiger partial charge in [0.25, 0.3) is 10.0 Å². The Hall–Kier alpha value is -1.99. The second kappa shape index (κ2) is 9.02. The summed E-state index contributed by atoms with van der Waals surface area (Å²) in [6.07, 6.45) is 0. The zero-order valence-corrected chi connectivity index (χ0v) is 19.6. The molecule has 0 spiro atoms. The lowest BCUT2D eigenvalue weighted by Crippen LogP contribution is -2.30. The summed E-state index contributed by atoms with van der Waals surface area (Å²) in [5.41, 5.74) is 0.174. The van der Waals surface area contributed by atoms with E-state index in [1.807, 2.05) is 0 Å². The first-order chi connectivity index (χ1) is 13.9. The fourth-order valence-electron chi connectivity index (χ4n) is 2.62. The highest BCUT2D eigenvalue weighted by Gasteiger charge is 2.23. The summed E-state index contributed by atoms with van der Waals surface area (Å²) in [4.78, 5) is -0.0872. The Kier molecular flexibility index (Phi) is 7.30. The lowest BCUT2D eigenvalue weighted by Gasteiger charge is -2.18. The topological polar surface area (TPSA) is 121 Å². The van der Waals surface area contributed by atoms with Gasteiger partial charge in [0.2, 0.25) is 20.0 Å². The second-order valence-corrected chi connectivity index (χ2v) is 12.3. The summed E-state index contributed by atoms with van der Waals surface area (Å²) in [6.45, 7) is 4.05. The van der Waals surface area contributed by atoms with Crippen molar-refractivity contribution in [3.8, 4) is 0 Å². The van der Waals surface area contributed by atoms with Crippen molar-refractivity contribution in [2.24, 2.45) is 0 Å². The molecule has 12 heteroatoms. The summed E-state index contributed by atoms with van der Waals surface area (Å²) in [5.74, 6) is 0. The predicted octanol–water partition coefficient (Wildman–Crippen LogP) is 1.77. The first-order valence-electron chi connectivity index (χ1n) is 9.02. The minimum absolute atomic E-state index is 0.00314. The quantitative estimate of drug-likeness (QED) is 0.590. The van der Waals surface area contributed by atoms with Crippen LogP contribution in [0.25, 0.3) is 0 Å². The fraction of sp³-hybridized carbons (Fsp3) is 0.333. The minimum atomic E-state index is -3.99. The number of hydrogen-bond donors (Lipinski definition) is 1. The van der Waals surface area contributed by atoms with Crippen molar-refractivity contribution in [2.45, 2.75) is 28.5 Å². The van der Waals surface area contributed by atoms with Crippen LogP contribution in [0.3, 0.4) is 0 Å². The molecule has 0 saturated heterocycles. The first kappa shape index (κ1) is 24.3. The Morgan fingerprint density at radius 2 is 1.07 bits per heavy atom. The Morgan fingerprint density at radius 1 is 0.667 bits per heavy atom. The molecule has 0 heterocycles. The van der Waals surface area contributed by atoms with E-state index in [2.05, 4.69) is 4.72 Å². The van der Waals surface area contributed by atoms with Gasteiger partial charge in [0, 0.05) is 32.9 Å². The van der Waals surface area contributed by atoms with Crippen LogP contribution < -0.4 is 4.72 Å². The van der Waals surface area contributed by atoms with Crippen molar-refractivity contribution >= 4 is 35.8 Å². The van der Waals surface area contributed by atoms with Gasteiger partial charge in [0.15, 0.2) is 0 Å². The van der Waals surface area contributed by atoms with Crippen LogP contribution in [-0.2, 0) is 30.1 Å². The Balaban J connectivity index is 2.26. The maximum atomic E-state index is 12.6. The van der Waals surface area contributed by atoms with Crippen LogP contribution in [0.2, 0.25) is 0 Å². The monoisotopic (exact) mass is 475 g/mol. The van der Waals surface area contributed by atoms with Crippen LogP contribution in [0, 0.1) is 0 Å². The molecule has 2 rings (SSSR count). The smallest absolute Gasteiger partial charge is 0.261 e. The highest BCUT2D eigenvalue weighted by atomic mass is 32.2. The molecule has 0 aliphatic heterocycles. The molecule has 9 nitrogen and oxygen atoms in total. The molecule has 166 valence electrons. The van der Waals surface area contributed by atoms with Crippen molar-refractivity contribution in [1.29, 1.82) is 0 Å². The van der Waals surface area contributed by atoms with Crippen molar-refractivity contribution < 1.29 is 25.3 Å². The van der Waals surface area contributed by atoms with Gasteiger partial charge in [-0.25, -0.2) is 29.6 Å². The van der Waals surface area contributed by atoms with Crippen LogP contribution >= 0.6 is 0 Å². The maximum absolute atomic E-state index is 12.6. The molecule has 0 amide bonds. The predicted molar refractivity (Wildman–Crippen MR) is 115 cm³/mol. The average molecular weight is 476 g/mol. The van der Waals surface area contributed by atoms with E-state index in [0.717, 1.165) is 4.31 Å². The summed E-state index contributed by atoms with van der Waals surface area (Å²) >= 11 is 0. The molecule has 0 aliphatic carbocycles. The van der Waals surface area contributed by atoms with Gasteiger partial charge in [-0.2, -0.15) is 4.31 Å². The standard InChI is InChI=1S/C18H25N3O6S3/c1-5-21(6-2)30(26,27)18-13-11-16(12-14-18)28(22,23)19-15-7-9-17(10-8-15)29(24,25)20(3)4/h7-14,19H,5-6H2,1-4H3. The Bertz CT molecular complexity index is 1180. The summed E-state index contributed by atoms with van der Waals surface area (Å²) < 4.78 is 79.1. The van der Waals surface area contributed by atoms with E-state index < -0.39 is 30.1 Å². The van der Waals surface area contributed by atoms with Gasteiger partial charge in [-0.15, -0.1) is 0 Å². The van der Waals surface area contributed by atoms with Crippen LogP contribution in [0.15, 0.2) is 63.2 Å². The molecule has 30 heavy (non-hydrogen) atoms. The van der Waals surface area contributed by atoms with Crippen LogP contribution in [0.5, 0.6) is 0 Å². The fourth-order valence-corrected chi connectivity index (χ4v) is 6.04. The van der Waals surface area contributed by atoms with Gasteiger partial charge in [0.05, 0.1) is 14.7 Å². The van der Waals surface area contributed by atoms with Gasteiger partial charge in [0.1, 0.15) is 0 Å². The SMILES string of the molecule is CCN(CC)S(=O)(=O)c1ccc(S(=O)(=O)Nc2ccc(S(=O)(=O)N(C)C)cc2)cc1. The molecular formula is C18H25N3O6S3. The van der Waals surface area contributed by atoms with E-state index in [4.69, 9.17) is 0 Å². The van der Waals surface area contributed by atoms with Crippen LogP contribution in [0.1, 0.15) is 13.8 Å². The van der Waals surface area contributed by atoms with E-state index in [1.54, 1.807) is 13.8 Å². The zero-order chi connectivity index (χ0) is 22.7. The molecule has 0 atom stereocenters. The number of rotatable bonds is 9. The molecule has 0 aromatic heterocycles. The highest BCUT2D eigenvalue weighted by Crippen LogP contribution is 2.22. The number of anilines is 1. The number of nitrogens with zero attached hydrogens (tertiary/aromatic N) is 2. The maximum Gasteiger partial charge on any atom is 0.261 e. The molecule has 0 saturated carbocycles. The molecule has 0 fully saturated rings. The van der Waals surface area contributed by atoms with Gasteiger partial charge < -0.3 is 0 Å². The van der Waals surface area contributed by atoms with E-state index in [9.17, 15) is 25.3 Å². The van der Waals surface area contributed by atoms with Crippen LogP contribution in [0.4, 0.5) is 5.69 Å². The number of benzene rings is 2. The molecule has 0 aliphatic rings. The number of nitrogens with one attached hydrogen (secondary N) is 1. The average Bonchev–Trinajstić information content (AvgIpc) is 2.69. The second-order valence-electron chi connectivity index (χ2n) is 6.48. The Labute approximate surface area is 178 Å². The number of sulfonamides is 3. The third-order valence-corrected chi connectivity index (χ3v) is 9.65. The van der Waals surface area contributed by atoms with Gasteiger partial charge in [-0.1, -0.05) is 13.8 Å².